The van der Waals surface area contributed by atoms with E-state index in [1.807, 2.05) is 18.2 Å². The molecule has 1 unspecified atom stereocenters. The van der Waals surface area contributed by atoms with Gasteiger partial charge in [-0.15, -0.1) is 0 Å². The van der Waals surface area contributed by atoms with Crippen LogP contribution in [0, 0.1) is 6.92 Å². The predicted molar refractivity (Wildman–Crippen MR) is 112 cm³/mol. The average Bonchev–Trinajstić information content (AvgIpc) is 3.45. The molecule has 8 nitrogen and oxygen atoms in total. The second-order valence-corrected chi connectivity index (χ2v) is 7.84. The van der Waals surface area contributed by atoms with Crippen LogP contribution < -0.4 is 20.1 Å². The quantitative estimate of drug-likeness (QED) is 0.583. The monoisotopic (exact) mass is 422 g/mol. The summed E-state index contributed by atoms with van der Waals surface area (Å²) in [6, 6.07) is 11.0. The third-order valence-electron chi connectivity index (χ3n) is 5.86. The van der Waals surface area contributed by atoms with Crippen LogP contribution in [0.2, 0.25) is 0 Å². The zero-order valence-corrected chi connectivity index (χ0v) is 17.0. The normalized spacial score (nSPS) is 19.7. The van der Waals surface area contributed by atoms with E-state index in [2.05, 4.69) is 10.6 Å². The Kier molecular flexibility index (Phi) is 4.59. The molecule has 0 radical (unpaired) electrons. The van der Waals surface area contributed by atoms with Gasteiger partial charge in [0.15, 0.2) is 11.5 Å². The molecule has 8 heteroatoms. The van der Waals surface area contributed by atoms with E-state index in [4.69, 9.17) is 13.9 Å². The number of fused-ring (bicyclic) bond motifs is 2. The van der Waals surface area contributed by atoms with Gasteiger partial charge in [0.05, 0.1) is 18.8 Å². The van der Waals surface area contributed by atoms with Gasteiger partial charge >= 0.3 is 0 Å². The van der Waals surface area contributed by atoms with Gasteiger partial charge in [0.2, 0.25) is 5.91 Å². The maximum absolute atomic E-state index is 13.1. The molecule has 2 aromatic carbocycles. The maximum Gasteiger partial charge on any atom is 0.256 e. The Labute approximate surface area is 178 Å². The molecule has 0 saturated carbocycles. The largest absolute Gasteiger partial charge is 0.489 e. The SMILES string of the molecule is Cc1oc2ccc(Oc3cccc4c3OCC4)cc2c1C(=O)NC1(CO)CCNC1=O. The number of rotatable bonds is 5. The molecular weight excluding hydrogens is 400 g/mol. The van der Waals surface area contributed by atoms with Crippen LogP contribution in [0.1, 0.15) is 28.1 Å². The lowest BCUT2D eigenvalue weighted by atomic mass is 9.97. The standard InChI is InChI=1S/C23H22N2O6/c1-13-19(21(27)25-23(12-26)8-9-24-22(23)28)16-11-15(5-6-17(16)30-13)31-18-4-2-3-14-7-10-29-20(14)18/h2-6,11,26H,7-10,12H2,1H3,(H,24,28)(H,25,27). The van der Waals surface area contributed by atoms with E-state index >= 15 is 0 Å². The van der Waals surface area contributed by atoms with Gasteiger partial charge in [-0.2, -0.15) is 0 Å². The highest BCUT2D eigenvalue weighted by atomic mass is 16.5. The summed E-state index contributed by atoms with van der Waals surface area (Å²) in [5, 5.41) is 15.7. The first kappa shape index (κ1) is 19.4. The topological polar surface area (TPSA) is 110 Å². The molecule has 0 bridgehead atoms. The number of aliphatic hydroxyl groups is 1. The number of carbonyl (C=O) groups is 2. The number of hydrogen-bond acceptors (Lipinski definition) is 6. The van der Waals surface area contributed by atoms with Crippen LogP contribution in [0.3, 0.4) is 0 Å². The van der Waals surface area contributed by atoms with E-state index in [0.717, 1.165) is 17.7 Å². The Balaban J connectivity index is 1.48. The van der Waals surface area contributed by atoms with E-state index in [1.165, 1.54) is 0 Å². The highest BCUT2D eigenvalue weighted by Crippen LogP contribution is 2.39. The first-order valence-corrected chi connectivity index (χ1v) is 10.2. The minimum atomic E-state index is -1.33. The molecular formula is C23H22N2O6. The van der Waals surface area contributed by atoms with Crippen molar-refractivity contribution in [2.75, 3.05) is 19.8 Å². The summed E-state index contributed by atoms with van der Waals surface area (Å²) < 4.78 is 17.5. The Bertz CT molecular complexity index is 1200. The van der Waals surface area contributed by atoms with E-state index < -0.39 is 24.0 Å². The van der Waals surface area contributed by atoms with Crippen LogP contribution in [0.5, 0.6) is 17.2 Å². The number of nitrogens with one attached hydrogen (secondary N) is 2. The minimum absolute atomic E-state index is 0.308. The number of ether oxygens (including phenoxy) is 2. The molecule has 3 heterocycles. The van der Waals surface area contributed by atoms with Crippen molar-refractivity contribution >= 4 is 22.8 Å². The van der Waals surface area contributed by atoms with Gasteiger partial charge in [0.25, 0.3) is 5.91 Å². The third-order valence-corrected chi connectivity index (χ3v) is 5.86. The number of carbonyl (C=O) groups excluding carboxylic acids is 2. The molecule has 1 atom stereocenters. The van der Waals surface area contributed by atoms with Crippen molar-refractivity contribution in [1.82, 2.24) is 10.6 Å². The Morgan fingerprint density at radius 1 is 1.32 bits per heavy atom. The van der Waals surface area contributed by atoms with Gasteiger partial charge in [-0.3, -0.25) is 9.59 Å². The zero-order chi connectivity index (χ0) is 21.6. The maximum atomic E-state index is 13.1. The summed E-state index contributed by atoms with van der Waals surface area (Å²) in [4.78, 5) is 25.3. The Hall–Kier alpha value is -3.52. The molecule has 31 heavy (non-hydrogen) atoms. The molecule has 2 amide bonds. The number of furan rings is 1. The zero-order valence-electron chi connectivity index (χ0n) is 17.0. The van der Waals surface area contributed by atoms with Gasteiger partial charge in [-0.25, -0.2) is 0 Å². The van der Waals surface area contributed by atoms with E-state index in [9.17, 15) is 14.7 Å². The number of hydrogen-bond donors (Lipinski definition) is 3. The highest BCUT2D eigenvalue weighted by molar-refractivity contribution is 6.09. The molecule has 160 valence electrons. The molecule has 5 rings (SSSR count). The summed E-state index contributed by atoms with van der Waals surface area (Å²) in [6.45, 7) is 2.23. The van der Waals surface area contributed by atoms with E-state index in [1.54, 1.807) is 25.1 Å². The van der Waals surface area contributed by atoms with Crippen LogP contribution in [-0.2, 0) is 11.2 Å². The smallest absolute Gasteiger partial charge is 0.256 e. The van der Waals surface area contributed by atoms with Gasteiger partial charge in [0.1, 0.15) is 22.6 Å². The van der Waals surface area contributed by atoms with Crippen LogP contribution in [0.4, 0.5) is 0 Å². The number of amides is 2. The lowest BCUT2D eigenvalue weighted by Crippen LogP contribution is -2.56. The lowest BCUT2D eigenvalue weighted by molar-refractivity contribution is -0.125. The second-order valence-electron chi connectivity index (χ2n) is 7.84. The predicted octanol–water partition coefficient (Wildman–Crippen LogP) is 2.45. The fraction of sp³-hybridized carbons (Fsp3) is 0.304. The van der Waals surface area contributed by atoms with Crippen LogP contribution in [-0.4, -0.2) is 42.2 Å². The van der Waals surface area contributed by atoms with Crippen molar-refractivity contribution in [2.45, 2.75) is 25.3 Å². The summed E-state index contributed by atoms with van der Waals surface area (Å²) >= 11 is 0. The van der Waals surface area contributed by atoms with Crippen LogP contribution in [0.25, 0.3) is 11.0 Å². The molecule has 1 fully saturated rings. The average molecular weight is 422 g/mol. The van der Waals surface area contributed by atoms with Crippen molar-refractivity contribution in [1.29, 1.82) is 0 Å². The number of para-hydroxylation sites is 1. The summed E-state index contributed by atoms with van der Waals surface area (Å²) in [5.41, 5.74) is 0.603. The van der Waals surface area contributed by atoms with Crippen LogP contribution in [0.15, 0.2) is 40.8 Å². The number of aryl methyl sites for hydroxylation is 1. The number of benzene rings is 2. The van der Waals surface area contributed by atoms with Crippen LogP contribution >= 0.6 is 0 Å². The fourth-order valence-corrected chi connectivity index (χ4v) is 4.20. The fourth-order valence-electron chi connectivity index (χ4n) is 4.20. The van der Waals surface area contributed by atoms with E-state index in [-0.39, 0.29) is 0 Å². The number of aliphatic hydroxyl groups excluding tert-OH is 1. The molecule has 3 aromatic rings. The molecule has 1 saturated heterocycles. The van der Waals surface area contributed by atoms with Gasteiger partial charge in [-0.1, -0.05) is 12.1 Å². The molecule has 1 aromatic heterocycles. The first-order chi connectivity index (χ1) is 15.0. The molecule has 0 aliphatic carbocycles. The van der Waals surface area contributed by atoms with Crippen molar-refractivity contribution in [3.05, 3.63) is 53.3 Å². The van der Waals surface area contributed by atoms with Crippen molar-refractivity contribution in [3.63, 3.8) is 0 Å². The lowest BCUT2D eigenvalue weighted by Gasteiger charge is -2.24. The molecule has 3 N–H and O–H groups in total. The second kappa shape index (κ2) is 7.31. The highest BCUT2D eigenvalue weighted by Gasteiger charge is 2.44. The van der Waals surface area contributed by atoms with Crippen molar-refractivity contribution < 1.29 is 28.6 Å². The minimum Gasteiger partial charge on any atom is -0.489 e. The van der Waals surface area contributed by atoms with Gasteiger partial charge in [-0.05, 0) is 37.6 Å². The van der Waals surface area contributed by atoms with Gasteiger partial charge in [0, 0.05) is 23.9 Å². The van der Waals surface area contributed by atoms with E-state index in [0.29, 0.717) is 53.4 Å². The first-order valence-electron chi connectivity index (χ1n) is 10.2. The van der Waals surface area contributed by atoms with Crippen molar-refractivity contribution in [3.8, 4) is 17.2 Å². The molecule has 2 aliphatic heterocycles. The Morgan fingerprint density at radius 2 is 2.19 bits per heavy atom. The van der Waals surface area contributed by atoms with Crippen molar-refractivity contribution in [2.24, 2.45) is 0 Å². The summed E-state index contributed by atoms with van der Waals surface area (Å²) in [7, 11) is 0. The summed E-state index contributed by atoms with van der Waals surface area (Å²) in [6.07, 6.45) is 1.16. The summed E-state index contributed by atoms with van der Waals surface area (Å²) in [5.74, 6) is 1.42. The third kappa shape index (κ3) is 3.19. The van der Waals surface area contributed by atoms with Gasteiger partial charge < -0.3 is 29.6 Å². The molecule has 0 spiro atoms. The molecule has 2 aliphatic rings. The Morgan fingerprint density at radius 3 is 2.97 bits per heavy atom.